The van der Waals surface area contributed by atoms with Gasteiger partial charge in [0.25, 0.3) is 0 Å². The molecule has 6 nitrogen and oxygen atoms in total. The number of hydrogen-bond acceptors (Lipinski definition) is 4. The third kappa shape index (κ3) is 5.70. The summed E-state index contributed by atoms with van der Waals surface area (Å²) in [5.74, 6) is 0.872. The van der Waals surface area contributed by atoms with Gasteiger partial charge in [-0.15, -0.1) is 0 Å². The van der Waals surface area contributed by atoms with Gasteiger partial charge >= 0.3 is 0 Å². The summed E-state index contributed by atoms with van der Waals surface area (Å²) in [6.45, 7) is 5.69. The highest BCUT2D eigenvalue weighted by molar-refractivity contribution is 7.80. The van der Waals surface area contributed by atoms with Crippen LogP contribution in [0.4, 0.5) is 11.4 Å². The maximum atomic E-state index is 12.9. The van der Waals surface area contributed by atoms with Crippen LogP contribution in [-0.4, -0.2) is 47.9 Å². The highest BCUT2D eigenvalue weighted by atomic mass is 35.5. The van der Waals surface area contributed by atoms with E-state index in [1.807, 2.05) is 57.3 Å². The quantitative estimate of drug-likeness (QED) is 0.589. The minimum absolute atomic E-state index is 0.0377. The summed E-state index contributed by atoms with van der Waals surface area (Å²) in [6, 6.07) is 14.5. The number of nitrogens with one attached hydrogen (secondary N) is 3. The Morgan fingerprint density at radius 1 is 1.07 bits per heavy atom. The van der Waals surface area contributed by atoms with Crippen LogP contribution in [0.15, 0.2) is 53.5 Å². The molecule has 0 radical (unpaired) electrons. The maximum Gasteiger partial charge on any atom is 0.247 e. The van der Waals surface area contributed by atoms with Crippen molar-refractivity contribution in [1.29, 1.82) is 0 Å². The first kappa shape index (κ1) is 22.1. The molecule has 1 amide bonds. The molecular formula is C22H26ClN5OS. The van der Waals surface area contributed by atoms with Crippen LogP contribution >= 0.6 is 23.8 Å². The number of amides is 1. The number of hydrogen-bond donors (Lipinski definition) is 3. The van der Waals surface area contributed by atoms with Gasteiger partial charge in [0.05, 0.1) is 6.54 Å². The van der Waals surface area contributed by atoms with Gasteiger partial charge in [0.1, 0.15) is 11.9 Å². The third-order valence-corrected chi connectivity index (χ3v) is 5.28. The second-order valence-corrected chi connectivity index (χ2v) is 8.37. The summed E-state index contributed by atoms with van der Waals surface area (Å²) in [7, 11) is 2.03. The average Bonchev–Trinajstić information content (AvgIpc) is 3.14. The summed E-state index contributed by atoms with van der Waals surface area (Å²) in [4.78, 5) is 19.5. The fourth-order valence-electron chi connectivity index (χ4n) is 3.14. The molecule has 1 unspecified atom stereocenters. The van der Waals surface area contributed by atoms with Crippen LogP contribution in [0.3, 0.4) is 0 Å². The Hall–Kier alpha value is -2.64. The molecule has 0 fully saturated rings. The second-order valence-electron chi connectivity index (χ2n) is 7.52. The number of carbonyl (C=O) groups excluding carboxylic acids is 1. The number of likely N-dealkylation sites (N-methyl/N-ethyl adjacent to an activating group) is 1. The average molecular weight is 444 g/mol. The molecule has 0 aromatic heterocycles. The lowest BCUT2D eigenvalue weighted by molar-refractivity contribution is -0.118. The number of halogens is 1. The monoisotopic (exact) mass is 443 g/mol. The summed E-state index contributed by atoms with van der Waals surface area (Å²) >= 11 is 11.3. The fourth-order valence-corrected chi connectivity index (χ4v) is 3.51. The Bertz CT molecular complexity index is 928. The van der Waals surface area contributed by atoms with E-state index in [4.69, 9.17) is 23.8 Å². The third-order valence-electron chi connectivity index (χ3n) is 4.81. The van der Waals surface area contributed by atoms with Gasteiger partial charge < -0.3 is 20.9 Å². The van der Waals surface area contributed by atoms with Gasteiger partial charge in [-0.2, -0.15) is 0 Å². The zero-order chi connectivity index (χ0) is 21.7. The van der Waals surface area contributed by atoms with Crippen molar-refractivity contribution in [3.63, 3.8) is 0 Å². The molecule has 0 saturated carbocycles. The summed E-state index contributed by atoms with van der Waals surface area (Å²) in [6.07, 6.45) is 0. The summed E-state index contributed by atoms with van der Waals surface area (Å²) in [5.41, 5.74) is 2.57. The topological polar surface area (TPSA) is 68.8 Å². The van der Waals surface area contributed by atoms with Gasteiger partial charge in [0, 0.05) is 35.6 Å². The van der Waals surface area contributed by atoms with Crippen molar-refractivity contribution in [1.82, 2.24) is 10.2 Å². The minimum atomic E-state index is -0.484. The van der Waals surface area contributed by atoms with Crippen LogP contribution in [0.25, 0.3) is 0 Å². The van der Waals surface area contributed by atoms with Crippen LogP contribution in [0.5, 0.6) is 0 Å². The molecule has 2 aromatic carbocycles. The molecule has 1 aliphatic rings. The Labute approximate surface area is 187 Å². The molecule has 3 N–H and O–H groups in total. The summed E-state index contributed by atoms with van der Waals surface area (Å²) < 4.78 is 0. The Morgan fingerprint density at radius 3 is 2.23 bits per heavy atom. The minimum Gasteiger partial charge on any atom is -0.358 e. The molecule has 1 heterocycles. The van der Waals surface area contributed by atoms with E-state index in [0.717, 1.165) is 35.9 Å². The second kappa shape index (κ2) is 9.91. The van der Waals surface area contributed by atoms with E-state index in [1.165, 1.54) is 0 Å². The molecule has 158 valence electrons. The highest BCUT2D eigenvalue weighted by Gasteiger charge is 2.23. The number of benzene rings is 2. The molecule has 0 saturated heterocycles. The highest BCUT2D eigenvalue weighted by Crippen LogP contribution is 2.16. The largest absolute Gasteiger partial charge is 0.358 e. The zero-order valence-corrected chi connectivity index (χ0v) is 18.8. The molecule has 0 bridgehead atoms. The number of nitrogens with zero attached hydrogens (tertiary/aromatic N) is 2. The van der Waals surface area contributed by atoms with E-state index in [9.17, 15) is 4.79 Å². The first-order valence-corrected chi connectivity index (χ1v) is 10.6. The van der Waals surface area contributed by atoms with Crippen molar-refractivity contribution in [2.45, 2.75) is 19.9 Å². The number of aliphatic imine (C=N–C) groups is 1. The van der Waals surface area contributed by atoms with Crippen molar-refractivity contribution >= 4 is 52.0 Å². The van der Waals surface area contributed by atoms with Crippen molar-refractivity contribution in [2.24, 2.45) is 10.9 Å². The van der Waals surface area contributed by atoms with Crippen LogP contribution in [0.2, 0.25) is 5.02 Å². The van der Waals surface area contributed by atoms with E-state index >= 15 is 0 Å². The number of thiocarbonyl (C=S) groups is 1. The lowest BCUT2D eigenvalue weighted by Gasteiger charge is -2.23. The van der Waals surface area contributed by atoms with Gasteiger partial charge in [-0.3, -0.25) is 9.79 Å². The van der Waals surface area contributed by atoms with E-state index in [0.29, 0.717) is 10.1 Å². The van der Waals surface area contributed by atoms with Gasteiger partial charge in [-0.1, -0.05) is 25.4 Å². The van der Waals surface area contributed by atoms with Crippen LogP contribution in [-0.2, 0) is 4.79 Å². The van der Waals surface area contributed by atoms with Crippen molar-refractivity contribution < 1.29 is 4.79 Å². The smallest absolute Gasteiger partial charge is 0.247 e. The molecular weight excluding hydrogens is 418 g/mol. The molecule has 8 heteroatoms. The Balaban J connectivity index is 1.61. The van der Waals surface area contributed by atoms with Crippen LogP contribution < -0.4 is 16.0 Å². The lowest BCUT2D eigenvalue weighted by Crippen LogP contribution is -2.48. The molecule has 3 rings (SSSR count). The predicted molar refractivity (Wildman–Crippen MR) is 129 cm³/mol. The normalized spacial score (nSPS) is 14.3. The standard InChI is InChI=1S/C22H26ClN5OS/c1-14(2)19(27-22(30)26-18-10-6-16(23)7-11-18)21(29)25-17-8-4-15(5-9-17)20-24-12-13-28(20)3/h4-11,14,19H,12-13H2,1-3H3,(H,25,29)(H2,26,27,30). The van der Waals surface area contributed by atoms with E-state index in [-0.39, 0.29) is 11.8 Å². The van der Waals surface area contributed by atoms with Gasteiger partial charge in [0.2, 0.25) is 5.91 Å². The van der Waals surface area contributed by atoms with Crippen LogP contribution in [0.1, 0.15) is 19.4 Å². The maximum absolute atomic E-state index is 12.9. The molecule has 0 spiro atoms. The molecule has 2 aromatic rings. The summed E-state index contributed by atoms with van der Waals surface area (Å²) in [5, 5.41) is 10.2. The molecule has 1 aliphatic heterocycles. The Kier molecular flexibility index (Phi) is 7.29. The SMILES string of the molecule is CC(C)C(NC(=S)Nc1ccc(Cl)cc1)C(=O)Nc1ccc(C2=NCCN2C)cc1. The van der Waals surface area contributed by atoms with Crippen molar-refractivity contribution in [3.8, 4) is 0 Å². The van der Waals surface area contributed by atoms with Gasteiger partial charge in [-0.05, 0) is 66.7 Å². The molecule has 0 aliphatic carbocycles. The predicted octanol–water partition coefficient (Wildman–Crippen LogP) is 3.98. The number of anilines is 2. The van der Waals surface area contributed by atoms with E-state index in [2.05, 4.69) is 25.8 Å². The lowest BCUT2D eigenvalue weighted by atomic mass is 10.0. The van der Waals surface area contributed by atoms with Crippen LogP contribution in [0, 0.1) is 5.92 Å². The first-order valence-electron chi connectivity index (χ1n) is 9.83. The van der Waals surface area contributed by atoms with Crippen molar-refractivity contribution in [2.75, 3.05) is 30.8 Å². The van der Waals surface area contributed by atoms with E-state index < -0.39 is 6.04 Å². The van der Waals surface area contributed by atoms with Gasteiger partial charge in [-0.25, -0.2) is 0 Å². The molecule has 1 atom stereocenters. The fraction of sp³-hybridized carbons (Fsp3) is 0.318. The number of carbonyl (C=O) groups is 1. The van der Waals surface area contributed by atoms with E-state index in [1.54, 1.807) is 12.1 Å². The Morgan fingerprint density at radius 2 is 1.67 bits per heavy atom. The zero-order valence-electron chi connectivity index (χ0n) is 17.3. The number of rotatable bonds is 6. The molecule has 30 heavy (non-hydrogen) atoms. The van der Waals surface area contributed by atoms with Crippen molar-refractivity contribution in [3.05, 3.63) is 59.1 Å². The first-order chi connectivity index (χ1) is 14.3. The van der Waals surface area contributed by atoms with Gasteiger partial charge in [0.15, 0.2) is 5.11 Å². The number of amidine groups is 1.